The van der Waals surface area contributed by atoms with Crippen molar-refractivity contribution < 1.29 is 34.4 Å². The normalized spacial score (nSPS) is 14.8. The molecule has 0 radical (unpaired) electrons. The molecule has 0 fully saturated rings. The first-order chi connectivity index (χ1) is 18.1. The van der Waals surface area contributed by atoms with E-state index in [4.69, 9.17) is 20.7 Å². The number of aromatic amines is 1. The van der Waals surface area contributed by atoms with Crippen LogP contribution in [0.3, 0.4) is 0 Å². The fourth-order valence-corrected chi connectivity index (χ4v) is 4.08. The quantitative estimate of drug-likeness (QED) is 0.123. The molecule has 12 nitrogen and oxygen atoms in total. The van der Waals surface area contributed by atoms with Gasteiger partial charge in [-0.25, -0.2) is 4.79 Å². The number of nitrogens with one attached hydrogen (secondary N) is 4. The Morgan fingerprint density at radius 1 is 1.05 bits per heavy atom. The van der Waals surface area contributed by atoms with Crippen LogP contribution >= 0.6 is 0 Å². The largest absolute Gasteiger partial charge is 0.467 e. The molecular weight excluding hydrogens is 494 g/mol. The van der Waals surface area contributed by atoms with E-state index in [0.29, 0.717) is 0 Å². The Bertz CT molecular complexity index is 1040. The van der Waals surface area contributed by atoms with Gasteiger partial charge in [0.15, 0.2) is 0 Å². The van der Waals surface area contributed by atoms with Crippen molar-refractivity contribution in [3.05, 3.63) is 36.0 Å². The number of rotatable bonds is 16. The number of hydrogen-bond donors (Lipinski definition) is 8. The summed E-state index contributed by atoms with van der Waals surface area (Å²) in [5.74, 6) is -2.01. The summed E-state index contributed by atoms with van der Waals surface area (Å²) in [5.41, 5.74) is 7.67. The zero-order chi connectivity index (χ0) is 28.2. The van der Waals surface area contributed by atoms with Crippen LogP contribution in [-0.4, -0.2) is 95.2 Å². The highest BCUT2D eigenvalue weighted by atomic mass is 16.5. The molecule has 1 aromatic carbocycles. The van der Waals surface area contributed by atoms with Gasteiger partial charge >= 0.3 is 5.97 Å². The summed E-state index contributed by atoms with van der Waals surface area (Å²) in [7, 11) is 1.24. The molecule has 0 aliphatic carbocycles. The highest BCUT2D eigenvalue weighted by Gasteiger charge is 2.31. The summed E-state index contributed by atoms with van der Waals surface area (Å²) in [4.78, 5) is 41.7. The van der Waals surface area contributed by atoms with E-state index in [0.717, 1.165) is 16.5 Å². The molecule has 2 amide bonds. The maximum Gasteiger partial charge on any atom is 0.328 e. The van der Waals surface area contributed by atoms with E-state index in [1.807, 2.05) is 38.1 Å². The van der Waals surface area contributed by atoms with Crippen LogP contribution in [0.25, 0.3) is 10.9 Å². The first-order valence-corrected chi connectivity index (χ1v) is 12.7. The average molecular weight is 536 g/mol. The van der Waals surface area contributed by atoms with Gasteiger partial charge in [-0.05, 0) is 36.9 Å². The van der Waals surface area contributed by atoms with Crippen LogP contribution in [-0.2, 0) is 25.5 Å². The number of fused-ring (bicyclic) bond motifs is 1. The van der Waals surface area contributed by atoms with E-state index >= 15 is 0 Å². The Kier molecular flexibility index (Phi) is 12.6. The second kappa shape index (κ2) is 15.4. The second-order valence-corrected chi connectivity index (χ2v) is 9.75. The monoisotopic (exact) mass is 535 g/mol. The van der Waals surface area contributed by atoms with Gasteiger partial charge in [0.05, 0.1) is 26.4 Å². The third-order valence-corrected chi connectivity index (χ3v) is 6.27. The Balaban J connectivity index is 2.07. The van der Waals surface area contributed by atoms with Crippen molar-refractivity contribution >= 4 is 28.7 Å². The van der Waals surface area contributed by atoms with Gasteiger partial charge in [0.25, 0.3) is 5.91 Å². The fraction of sp³-hybridized carbons (Fsp3) is 0.577. The number of amides is 2. The lowest BCUT2D eigenvalue weighted by atomic mass is 10.00. The number of hydrogen-bond acceptors (Lipinski definition) is 9. The van der Waals surface area contributed by atoms with Crippen molar-refractivity contribution in [1.82, 2.24) is 20.9 Å². The van der Waals surface area contributed by atoms with Gasteiger partial charge in [0, 0.05) is 29.6 Å². The molecule has 1 aromatic heterocycles. The van der Waals surface area contributed by atoms with E-state index in [1.54, 1.807) is 6.20 Å². The first-order valence-electron chi connectivity index (χ1n) is 12.7. The zero-order valence-electron chi connectivity index (χ0n) is 22.1. The number of H-pyrrole nitrogens is 1. The number of esters is 1. The third-order valence-electron chi connectivity index (χ3n) is 6.27. The molecule has 2 aromatic rings. The van der Waals surface area contributed by atoms with E-state index in [1.165, 1.54) is 7.11 Å². The van der Waals surface area contributed by atoms with E-state index in [2.05, 4.69) is 20.9 Å². The van der Waals surface area contributed by atoms with E-state index < -0.39 is 48.1 Å². The average Bonchev–Trinajstić information content (AvgIpc) is 3.31. The molecule has 9 N–H and O–H groups in total. The van der Waals surface area contributed by atoms with Crippen molar-refractivity contribution in [1.29, 1.82) is 0 Å². The summed E-state index contributed by atoms with van der Waals surface area (Å²) in [6, 6.07) is 4.08. The zero-order valence-corrected chi connectivity index (χ0v) is 22.1. The van der Waals surface area contributed by atoms with E-state index in [9.17, 15) is 19.5 Å². The first kappa shape index (κ1) is 31.2. The molecule has 4 atom stereocenters. The topological polar surface area (TPSA) is 199 Å². The summed E-state index contributed by atoms with van der Waals surface area (Å²) in [6.45, 7) is 3.47. The van der Waals surface area contributed by atoms with Crippen LogP contribution in [0.15, 0.2) is 30.5 Å². The van der Waals surface area contributed by atoms with Crippen LogP contribution in [0, 0.1) is 5.92 Å². The molecule has 0 aliphatic heterocycles. The molecule has 0 spiro atoms. The molecule has 0 bridgehead atoms. The van der Waals surface area contributed by atoms with Gasteiger partial charge in [-0.1, -0.05) is 32.0 Å². The Hall–Kier alpha value is -3.03. The summed E-state index contributed by atoms with van der Waals surface area (Å²) in [6.07, 6.45) is 0.797. The smallest absolute Gasteiger partial charge is 0.328 e. The van der Waals surface area contributed by atoms with Gasteiger partial charge in [-0.3, -0.25) is 9.59 Å². The summed E-state index contributed by atoms with van der Waals surface area (Å²) in [5, 5.41) is 37.7. The molecule has 0 saturated carbocycles. The van der Waals surface area contributed by atoms with Gasteiger partial charge in [-0.2, -0.15) is 0 Å². The SMILES string of the molecule is COC(=O)[C@H](Cc1c[nH]c2ccccc12)NC(=O)[C@H](CC(C)C)NC(=O)[C@@H](O)[C@H](N)CCNC(CO)CO. The Labute approximate surface area is 222 Å². The minimum atomic E-state index is -1.59. The number of para-hydroxylation sites is 1. The molecule has 38 heavy (non-hydrogen) atoms. The lowest BCUT2D eigenvalue weighted by molar-refractivity contribution is -0.145. The highest BCUT2D eigenvalue weighted by molar-refractivity contribution is 5.92. The fourth-order valence-electron chi connectivity index (χ4n) is 4.08. The lowest BCUT2D eigenvalue weighted by Gasteiger charge is -2.26. The molecule has 2 rings (SSSR count). The van der Waals surface area contributed by atoms with Crippen molar-refractivity contribution in [3.8, 4) is 0 Å². The van der Waals surface area contributed by atoms with Crippen LogP contribution in [0.1, 0.15) is 32.3 Å². The van der Waals surface area contributed by atoms with E-state index in [-0.39, 0.29) is 44.9 Å². The molecule has 12 heteroatoms. The number of methoxy groups -OCH3 is 1. The second-order valence-electron chi connectivity index (χ2n) is 9.75. The molecule has 212 valence electrons. The number of ether oxygens (including phenoxy) is 1. The van der Waals surface area contributed by atoms with Crippen LogP contribution in [0.5, 0.6) is 0 Å². The molecular formula is C26H41N5O7. The lowest BCUT2D eigenvalue weighted by Crippen LogP contribution is -2.56. The minimum absolute atomic E-state index is 0.0140. The van der Waals surface area contributed by atoms with Crippen LogP contribution in [0.4, 0.5) is 0 Å². The summed E-state index contributed by atoms with van der Waals surface area (Å²) < 4.78 is 4.91. The summed E-state index contributed by atoms with van der Waals surface area (Å²) >= 11 is 0. The number of aliphatic hydroxyl groups is 3. The standard InChI is InChI=1S/C26H41N5O7/c1-15(2)10-21(30-25(36)23(34)19(27)8-9-28-17(13-32)14-33)24(35)31-22(26(37)38-3)11-16-12-29-20-7-5-4-6-18(16)20/h4-7,12,15,17,19,21-23,28-29,32-34H,8-11,13-14,27H2,1-3H3,(H,30,36)(H,31,35)/t19-,21+,22+,23+/m1/s1. The Morgan fingerprint density at radius 2 is 1.71 bits per heavy atom. The third kappa shape index (κ3) is 9.07. The number of carbonyl (C=O) groups excluding carboxylic acids is 3. The van der Waals surface area contributed by atoms with Crippen molar-refractivity contribution in [2.75, 3.05) is 26.9 Å². The van der Waals surface area contributed by atoms with Gasteiger partial charge in [0.1, 0.15) is 18.2 Å². The Morgan fingerprint density at radius 3 is 2.34 bits per heavy atom. The van der Waals surface area contributed by atoms with Crippen molar-refractivity contribution in [2.45, 2.75) is 63.4 Å². The molecule has 0 saturated heterocycles. The predicted octanol–water partition coefficient (Wildman–Crippen LogP) is -1.08. The number of carbonyl (C=O) groups is 3. The maximum atomic E-state index is 13.2. The van der Waals surface area contributed by atoms with Gasteiger partial charge < -0.3 is 46.7 Å². The molecule has 0 aliphatic rings. The predicted molar refractivity (Wildman–Crippen MR) is 142 cm³/mol. The van der Waals surface area contributed by atoms with Crippen molar-refractivity contribution in [2.24, 2.45) is 11.7 Å². The van der Waals surface area contributed by atoms with Crippen LogP contribution < -0.4 is 21.7 Å². The minimum Gasteiger partial charge on any atom is -0.467 e. The number of benzene rings is 1. The number of aromatic nitrogens is 1. The van der Waals surface area contributed by atoms with Crippen molar-refractivity contribution in [3.63, 3.8) is 0 Å². The van der Waals surface area contributed by atoms with Gasteiger partial charge in [-0.15, -0.1) is 0 Å². The number of aliphatic hydroxyl groups excluding tert-OH is 3. The van der Waals surface area contributed by atoms with Gasteiger partial charge in [0.2, 0.25) is 5.91 Å². The maximum absolute atomic E-state index is 13.2. The molecule has 0 unspecified atom stereocenters. The number of nitrogens with two attached hydrogens (primary N) is 1. The van der Waals surface area contributed by atoms with Crippen LogP contribution in [0.2, 0.25) is 0 Å². The molecule has 1 heterocycles. The highest BCUT2D eigenvalue weighted by Crippen LogP contribution is 2.19.